The fourth-order valence-corrected chi connectivity index (χ4v) is 3.21. The summed E-state index contributed by atoms with van der Waals surface area (Å²) in [4.78, 5) is 36.6. The highest BCUT2D eigenvalue weighted by molar-refractivity contribution is 7.09. The molecule has 144 valence electrons. The molecule has 0 spiro atoms. The van der Waals surface area contributed by atoms with E-state index in [0.29, 0.717) is 13.1 Å². The van der Waals surface area contributed by atoms with Gasteiger partial charge in [-0.3, -0.25) is 19.7 Å². The van der Waals surface area contributed by atoms with Crippen LogP contribution in [0.2, 0.25) is 5.02 Å². The Kier molecular flexibility index (Phi) is 7.71. The molecule has 0 saturated heterocycles. The first-order chi connectivity index (χ1) is 12.9. The van der Waals surface area contributed by atoms with Crippen LogP contribution in [0.1, 0.15) is 11.8 Å². The molecule has 0 radical (unpaired) electrons. The molecule has 2 aromatic rings. The van der Waals surface area contributed by atoms with Crippen LogP contribution >= 0.6 is 22.9 Å². The van der Waals surface area contributed by atoms with Crippen molar-refractivity contribution in [2.24, 2.45) is 0 Å². The van der Waals surface area contributed by atoms with E-state index in [1.165, 1.54) is 18.2 Å². The van der Waals surface area contributed by atoms with Gasteiger partial charge in [0.25, 0.3) is 17.5 Å². The van der Waals surface area contributed by atoms with Gasteiger partial charge in [-0.2, -0.15) is 0 Å². The number of likely N-dealkylation sites (N-methyl/N-ethyl adjacent to an activating group) is 1. The van der Waals surface area contributed by atoms with E-state index in [1.807, 2.05) is 24.4 Å². The van der Waals surface area contributed by atoms with Gasteiger partial charge in [-0.1, -0.05) is 17.7 Å². The molecule has 0 bridgehead atoms. The van der Waals surface area contributed by atoms with Crippen LogP contribution in [0.4, 0.5) is 11.4 Å². The van der Waals surface area contributed by atoms with Crippen molar-refractivity contribution in [3.8, 4) is 0 Å². The van der Waals surface area contributed by atoms with Crippen LogP contribution in [0.5, 0.6) is 0 Å². The first-order valence-electron chi connectivity index (χ1n) is 8.25. The Labute approximate surface area is 165 Å². The molecule has 0 aliphatic heterocycles. The Hall–Kier alpha value is -2.49. The van der Waals surface area contributed by atoms with Gasteiger partial charge < -0.3 is 15.5 Å². The third-order valence-corrected chi connectivity index (χ3v) is 4.90. The predicted octanol–water partition coefficient (Wildman–Crippen LogP) is 1.47. The summed E-state index contributed by atoms with van der Waals surface area (Å²) in [6, 6.07) is 7.80. The third kappa shape index (κ3) is 6.63. The molecule has 10 heteroatoms. The van der Waals surface area contributed by atoms with Crippen molar-refractivity contribution >= 4 is 46.1 Å². The van der Waals surface area contributed by atoms with Crippen LogP contribution in [-0.2, 0) is 16.1 Å². The molecule has 1 aromatic carbocycles. The summed E-state index contributed by atoms with van der Waals surface area (Å²) in [5, 5.41) is 18.6. The summed E-state index contributed by atoms with van der Waals surface area (Å²) in [6.45, 7) is 3.00. The molecule has 2 rings (SSSR count). The van der Waals surface area contributed by atoms with Crippen LogP contribution in [0, 0.1) is 10.1 Å². The molecular formula is C17H20ClN4O4S+. The number of rotatable bonds is 9. The largest absolute Gasteiger partial charge is 0.346 e. The minimum absolute atomic E-state index is 0.00654. The summed E-state index contributed by atoms with van der Waals surface area (Å²) in [6.07, 6.45) is 0. The van der Waals surface area contributed by atoms with Crippen molar-refractivity contribution in [1.29, 1.82) is 0 Å². The van der Waals surface area contributed by atoms with Gasteiger partial charge in [0.05, 0.1) is 18.0 Å². The highest BCUT2D eigenvalue weighted by Gasteiger charge is 2.20. The van der Waals surface area contributed by atoms with Crippen molar-refractivity contribution in [3.63, 3.8) is 0 Å². The Morgan fingerprint density at radius 1 is 1.26 bits per heavy atom. The molecule has 8 nitrogen and oxygen atoms in total. The minimum atomic E-state index is -0.589. The highest BCUT2D eigenvalue weighted by atomic mass is 35.5. The van der Waals surface area contributed by atoms with E-state index in [4.69, 9.17) is 11.6 Å². The van der Waals surface area contributed by atoms with E-state index in [9.17, 15) is 19.7 Å². The molecule has 1 heterocycles. The number of hydrogen-bond donors (Lipinski definition) is 3. The third-order valence-electron chi connectivity index (χ3n) is 3.79. The van der Waals surface area contributed by atoms with Crippen molar-refractivity contribution in [1.82, 2.24) is 5.32 Å². The van der Waals surface area contributed by atoms with Gasteiger partial charge in [-0.15, -0.1) is 11.3 Å². The normalized spacial score (nSPS) is 11.6. The molecule has 1 atom stereocenters. The Balaban J connectivity index is 1.90. The Morgan fingerprint density at radius 2 is 2.00 bits per heavy atom. The van der Waals surface area contributed by atoms with Crippen LogP contribution in [0.25, 0.3) is 0 Å². The van der Waals surface area contributed by atoms with E-state index >= 15 is 0 Å². The average Bonchev–Trinajstić information content (AvgIpc) is 3.12. The number of nitrogens with one attached hydrogen (secondary N) is 3. The Morgan fingerprint density at radius 3 is 2.63 bits per heavy atom. The van der Waals surface area contributed by atoms with Crippen LogP contribution < -0.4 is 15.5 Å². The summed E-state index contributed by atoms with van der Waals surface area (Å²) in [5.41, 5.74) is -0.199. The molecule has 0 fully saturated rings. The first kappa shape index (κ1) is 20.8. The monoisotopic (exact) mass is 411 g/mol. The van der Waals surface area contributed by atoms with Crippen molar-refractivity contribution in [2.45, 2.75) is 13.5 Å². The zero-order valence-corrected chi connectivity index (χ0v) is 16.2. The lowest BCUT2D eigenvalue weighted by atomic mass is 10.2. The SMILES string of the molecule is CC[NH+](CC(=O)NCc1cccs1)CC(=O)Nc1cc(Cl)ccc1[N+](=O)[O-]. The summed E-state index contributed by atoms with van der Waals surface area (Å²) >= 11 is 7.41. The Bertz CT molecular complexity index is 813. The number of carbonyl (C=O) groups excluding carboxylic acids is 2. The van der Waals surface area contributed by atoms with Crippen molar-refractivity contribution in [2.75, 3.05) is 25.0 Å². The molecule has 2 amide bonds. The maximum atomic E-state index is 12.3. The molecule has 3 N–H and O–H groups in total. The lowest BCUT2D eigenvalue weighted by Crippen LogP contribution is -3.13. The smallest absolute Gasteiger partial charge is 0.292 e. The molecule has 0 saturated carbocycles. The number of amides is 2. The lowest BCUT2D eigenvalue weighted by molar-refractivity contribution is -0.881. The number of halogens is 1. The van der Waals surface area contributed by atoms with Gasteiger partial charge in [0.15, 0.2) is 13.1 Å². The summed E-state index contributed by atoms with van der Waals surface area (Å²) in [7, 11) is 0. The van der Waals surface area contributed by atoms with Gasteiger partial charge in [-0.05, 0) is 30.5 Å². The highest BCUT2D eigenvalue weighted by Crippen LogP contribution is 2.27. The first-order valence-corrected chi connectivity index (χ1v) is 9.51. The molecule has 0 aliphatic rings. The summed E-state index contributed by atoms with van der Waals surface area (Å²) < 4.78 is 0. The van der Waals surface area contributed by atoms with E-state index < -0.39 is 10.8 Å². The van der Waals surface area contributed by atoms with E-state index in [1.54, 1.807) is 11.3 Å². The zero-order valence-electron chi connectivity index (χ0n) is 14.7. The van der Waals surface area contributed by atoms with Gasteiger partial charge in [-0.25, -0.2) is 0 Å². The number of nitro benzene ring substituents is 1. The van der Waals surface area contributed by atoms with Crippen LogP contribution in [0.15, 0.2) is 35.7 Å². The molecule has 27 heavy (non-hydrogen) atoms. The van der Waals surface area contributed by atoms with Crippen molar-refractivity contribution < 1.29 is 19.4 Å². The second kappa shape index (κ2) is 10.0. The molecular weight excluding hydrogens is 392 g/mol. The second-order valence-corrected chi connectivity index (χ2v) is 7.25. The molecule has 1 unspecified atom stereocenters. The lowest BCUT2D eigenvalue weighted by Gasteiger charge is -2.17. The molecule has 0 aliphatic carbocycles. The second-order valence-electron chi connectivity index (χ2n) is 5.78. The maximum absolute atomic E-state index is 12.3. The van der Waals surface area contributed by atoms with Crippen molar-refractivity contribution in [3.05, 3.63) is 55.7 Å². The summed E-state index contributed by atoms with van der Waals surface area (Å²) in [5.74, 6) is -0.593. The maximum Gasteiger partial charge on any atom is 0.292 e. The quantitative estimate of drug-likeness (QED) is 0.429. The molecule has 1 aromatic heterocycles. The van der Waals surface area contributed by atoms with Gasteiger partial charge in [0, 0.05) is 16.0 Å². The van der Waals surface area contributed by atoms with E-state index in [2.05, 4.69) is 10.6 Å². The zero-order chi connectivity index (χ0) is 19.8. The number of thiophene rings is 1. The number of nitrogens with zero attached hydrogens (tertiary/aromatic N) is 1. The van der Waals surface area contributed by atoms with E-state index in [0.717, 1.165) is 9.78 Å². The fraction of sp³-hybridized carbons (Fsp3) is 0.294. The number of benzene rings is 1. The number of nitro groups is 1. The van der Waals surface area contributed by atoms with E-state index in [-0.39, 0.29) is 35.4 Å². The minimum Gasteiger partial charge on any atom is -0.346 e. The van der Waals surface area contributed by atoms with Crippen LogP contribution in [-0.4, -0.2) is 36.4 Å². The number of anilines is 1. The fourth-order valence-electron chi connectivity index (χ4n) is 2.39. The van der Waals surface area contributed by atoms with Gasteiger partial charge >= 0.3 is 0 Å². The topological polar surface area (TPSA) is 106 Å². The predicted molar refractivity (Wildman–Crippen MR) is 104 cm³/mol. The number of hydrogen-bond acceptors (Lipinski definition) is 5. The standard InChI is InChI=1S/C17H19ClN4O4S/c1-2-21(10-16(23)19-9-13-4-3-7-27-13)11-17(24)20-14-8-12(18)5-6-15(14)22(25)26/h3-8H,2,9-11H2,1H3,(H,19,23)(H,20,24)/p+1. The van der Waals surface area contributed by atoms with Gasteiger partial charge in [0.1, 0.15) is 5.69 Å². The average molecular weight is 412 g/mol. The van der Waals surface area contributed by atoms with Crippen LogP contribution in [0.3, 0.4) is 0 Å². The van der Waals surface area contributed by atoms with Gasteiger partial charge in [0.2, 0.25) is 0 Å². The number of carbonyl (C=O) groups is 2. The number of quaternary nitrogens is 1.